The Hall–Kier alpha value is -1.38. The van der Waals surface area contributed by atoms with Gasteiger partial charge >= 0.3 is 0 Å². The fourth-order valence-corrected chi connectivity index (χ4v) is 3.13. The van der Waals surface area contributed by atoms with E-state index in [1.807, 2.05) is 13.0 Å². The Morgan fingerprint density at radius 1 is 1.50 bits per heavy atom. The molecule has 0 saturated carbocycles. The normalized spacial score (nSPS) is 10.3. The van der Waals surface area contributed by atoms with Gasteiger partial charge in [-0.2, -0.15) is 5.26 Å². The van der Waals surface area contributed by atoms with Crippen LogP contribution in [0.25, 0.3) is 10.4 Å². The summed E-state index contributed by atoms with van der Waals surface area (Å²) in [5, 5.41) is 9.00. The Balaban J connectivity index is 2.63. The molecule has 0 unspecified atom stereocenters. The number of benzene rings is 1. The molecule has 1 aromatic carbocycles. The zero-order valence-corrected chi connectivity index (χ0v) is 12.0. The second kappa shape index (κ2) is 5.09. The lowest BCUT2D eigenvalue weighted by atomic mass is 10.1. The minimum Gasteiger partial charge on any atom is -0.397 e. The molecule has 2 aromatic rings. The molecular weight excluding hydrogens is 315 g/mol. The molecule has 0 atom stereocenters. The van der Waals surface area contributed by atoms with E-state index in [0.717, 1.165) is 22.4 Å². The maximum atomic E-state index is 13.6. The molecule has 0 aliphatic carbocycles. The summed E-state index contributed by atoms with van der Waals surface area (Å²) in [5.74, 6) is -0.319. The van der Waals surface area contributed by atoms with Crippen molar-refractivity contribution in [1.29, 1.82) is 5.26 Å². The summed E-state index contributed by atoms with van der Waals surface area (Å²) in [5.41, 5.74) is 8.10. The van der Waals surface area contributed by atoms with Gasteiger partial charge in [0.1, 0.15) is 16.8 Å². The fourth-order valence-electron chi connectivity index (χ4n) is 1.78. The predicted molar refractivity (Wildman–Crippen MR) is 75.9 cm³/mol. The Kier molecular flexibility index (Phi) is 3.69. The van der Waals surface area contributed by atoms with E-state index < -0.39 is 0 Å². The van der Waals surface area contributed by atoms with Crippen LogP contribution >= 0.6 is 27.3 Å². The minimum atomic E-state index is -0.319. The summed E-state index contributed by atoms with van der Waals surface area (Å²) in [7, 11) is 0. The Labute approximate surface area is 117 Å². The van der Waals surface area contributed by atoms with E-state index in [1.165, 1.54) is 17.4 Å². The van der Waals surface area contributed by atoms with Crippen molar-refractivity contribution < 1.29 is 4.39 Å². The van der Waals surface area contributed by atoms with Crippen LogP contribution in [0.15, 0.2) is 22.7 Å². The first-order valence-corrected chi connectivity index (χ1v) is 6.96. The molecule has 0 spiro atoms. The molecule has 0 aliphatic rings. The number of rotatable bonds is 2. The van der Waals surface area contributed by atoms with Crippen LogP contribution in [-0.2, 0) is 6.42 Å². The van der Waals surface area contributed by atoms with E-state index in [4.69, 9.17) is 11.0 Å². The van der Waals surface area contributed by atoms with E-state index in [2.05, 4.69) is 22.0 Å². The third kappa shape index (κ3) is 2.14. The quantitative estimate of drug-likeness (QED) is 0.893. The van der Waals surface area contributed by atoms with Crippen LogP contribution in [0, 0.1) is 17.1 Å². The van der Waals surface area contributed by atoms with Crippen LogP contribution in [0.4, 0.5) is 10.1 Å². The highest BCUT2D eigenvalue weighted by atomic mass is 79.9. The van der Waals surface area contributed by atoms with Gasteiger partial charge in [-0.05, 0) is 45.6 Å². The molecule has 0 amide bonds. The molecule has 1 aromatic heterocycles. The molecule has 2 rings (SSSR count). The monoisotopic (exact) mass is 324 g/mol. The van der Waals surface area contributed by atoms with Crippen molar-refractivity contribution in [3.05, 3.63) is 38.9 Å². The van der Waals surface area contributed by atoms with E-state index >= 15 is 0 Å². The van der Waals surface area contributed by atoms with Gasteiger partial charge in [0, 0.05) is 4.88 Å². The van der Waals surface area contributed by atoms with Crippen LogP contribution in [0.3, 0.4) is 0 Å². The summed E-state index contributed by atoms with van der Waals surface area (Å²) < 4.78 is 14.0. The molecule has 0 saturated heterocycles. The molecule has 0 radical (unpaired) electrons. The Morgan fingerprint density at radius 3 is 2.78 bits per heavy atom. The maximum Gasteiger partial charge on any atom is 0.138 e. The lowest BCUT2D eigenvalue weighted by Gasteiger charge is -2.03. The van der Waals surface area contributed by atoms with Crippen LogP contribution in [0.1, 0.15) is 17.4 Å². The first kappa shape index (κ1) is 13.1. The molecular formula is C13H10BrFN2S. The third-order valence-corrected chi connectivity index (χ3v) is 4.53. The van der Waals surface area contributed by atoms with E-state index in [1.54, 1.807) is 6.07 Å². The molecule has 18 heavy (non-hydrogen) atoms. The molecule has 0 fully saturated rings. The van der Waals surface area contributed by atoms with Crippen LogP contribution in [0.5, 0.6) is 0 Å². The zero-order chi connectivity index (χ0) is 13.3. The van der Waals surface area contributed by atoms with Crippen molar-refractivity contribution >= 4 is 33.0 Å². The first-order chi connectivity index (χ1) is 8.58. The van der Waals surface area contributed by atoms with Gasteiger partial charge < -0.3 is 5.73 Å². The molecule has 2 N–H and O–H groups in total. The highest BCUT2D eigenvalue weighted by Gasteiger charge is 2.16. The molecule has 92 valence electrons. The number of nitriles is 1. The number of nitrogens with two attached hydrogens (primary N) is 1. The third-order valence-electron chi connectivity index (χ3n) is 2.68. The number of nitrogen functional groups attached to an aromatic ring is 1. The van der Waals surface area contributed by atoms with E-state index in [-0.39, 0.29) is 5.82 Å². The highest BCUT2D eigenvalue weighted by Crippen LogP contribution is 2.39. The van der Waals surface area contributed by atoms with Crippen molar-refractivity contribution in [2.75, 3.05) is 5.73 Å². The van der Waals surface area contributed by atoms with Crippen molar-refractivity contribution in [3.63, 3.8) is 0 Å². The number of hydrogen-bond donors (Lipinski definition) is 1. The standard InChI is InChI=1S/C13H10BrFN2S/c1-2-8-12(17)11(6-16)18-13(8)7-3-4-9(14)10(15)5-7/h3-5H,2,17H2,1H3. The first-order valence-electron chi connectivity index (χ1n) is 5.35. The maximum absolute atomic E-state index is 13.6. The largest absolute Gasteiger partial charge is 0.397 e. The fraction of sp³-hybridized carbons (Fsp3) is 0.154. The molecule has 1 heterocycles. The van der Waals surface area contributed by atoms with E-state index in [9.17, 15) is 4.39 Å². The van der Waals surface area contributed by atoms with Gasteiger partial charge in [-0.25, -0.2) is 4.39 Å². The molecule has 0 bridgehead atoms. The van der Waals surface area contributed by atoms with Gasteiger partial charge in [-0.1, -0.05) is 13.0 Å². The second-order valence-electron chi connectivity index (χ2n) is 3.75. The van der Waals surface area contributed by atoms with Gasteiger partial charge in [-0.15, -0.1) is 11.3 Å². The Morgan fingerprint density at radius 2 is 2.22 bits per heavy atom. The second-order valence-corrected chi connectivity index (χ2v) is 5.62. The lowest BCUT2D eigenvalue weighted by molar-refractivity contribution is 0.621. The van der Waals surface area contributed by atoms with Crippen LogP contribution in [-0.4, -0.2) is 0 Å². The van der Waals surface area contributed by atoms with Gasteiger partial charge in [0.25, 0.3) is 0 Å². The number of halogens is 2. The summed E-state index contributed by atoms with van der Waals surface area (Å²) >= 11 is 4.43. The number of thiophene rings is 1. The average Bonchev–Trinajstić information content (AvgIpc) is 2.69. The summed E-state index contributed by atoms with van der Waals surface area (Å²) in [6.07, 6.45) is 0.719. The minimum absolute atomic E-state index is 0.319. The lowest BCUT2D eigenvalue weighted by Crippen LogP contribution is -1.91. The number of nitrogens with zero attached hydrogens (tertiary/aromatic N) is 1. The van der Waals surface area contributed by atoms with Crippen molar-refractivity contribution in [3.8, 4) is 16.5 Å². The van der Waals surface area contributed by atoms with Crippen molar-refractivity contribution in [1.82, 2.24) is 0 Å². The number of anilines is 1. The van der Waals surface area contributed by atoms with Gasteiger partial charge in [0.15, 0.2) is 0 Å². The van der Waals surface area contributed by atoms with Gasteiger partial charge in [-0.3, -0.25) is 0 Å². The SMILES string of the molecule is CCc1c(-c2ccc(Br)c(F)c2)sc(C#N)c1N. The van der Waals surface area contributed by atoms with Crippen molar-refractivity contribution in [2.45, 2.75) is 13.3 Å². The smallest absolute Gasteiger partial charge is 0.138 e. The molecule has 5 heteroatoms. The van der Waals surface area contributed by atoms with Crippen LogP contribution < -0.4 is 5.73 Å². The van der Waals surface area contributed by atoms with Gasteiger partial charge in [0.2, 0.25) is 0 Å². The summed E-state index contributed by atoms with van der Waals surface area (Å²) in [4.78, 5) is 1.36. The average molecular weight is 325 g/mol. The summed E-state index contributed by atoms with van der Waals surface area (Å²) in [6, 6.07) is 7.01. The van der Waals surface area contributed by atoms with Crippen molar-refractivity contribution in [2.24, 2.45) is 0 Å². The predicted octanol–water partition coefficient (Wildman–Crippen LogP) is 4.33. The molecule has 0 aliphatic heterocycles. The zero-order valence-electron chi connectivity index (χ0n) is 9.63. The summed E-state index contributed by atoms with van der Waals surface area (Å²) in [6.45, 7) is 1.97. The van der Waals surface area contributed by atoms with E-state index in [0.29, 0.717) is 15.0 Å². The van der Waals surface area contributed by atoms with Gasteiger partial charge in [0.05, 0.1) is 10.2 Å². The Bertz CT molecular complexity index is 643. The number of hydrogen-bond acceptors (Lipinski definition) is 3. The highest BCUT2D eigenvalue weighted by molar-refractivity contribution is 9.10. The molecule has 2 nitrogen and oxygen atoms in total. The van der Waals surface area contributed by atoms with Crippen LogP contribution in [0.2, 0.25) is 0 Å². The topological polar surface area (TPSA) is 49.8 Å².